The van der Waals surface area contributed by atoms with Gasteiger partial charge >= 0.3 is 0 Å². The summed E-state index contributed by atoms with van der Waals surface area (Å²) in [5.74, 6) is -0.185. The Morgan fingerprint density at radius 3 is 2.87 bits per heavy atom. The van der Waals surface area contributed by atoms with Crippen LogP contribution in [0.3, 0.4) is 0 Å². The maximum absolute atomic E-state index is 13.9. The average Bonchev–Trinajstić information content (AvgIpc) is 3.00. The predicted octanol–water partition coefficient (Wildman–Crippen LogP) is 2.51. The molecule has 0 radical (unpaired) electrons. The number of amides is 1. The smallest absolute Gasteiger partial charge is 0.257 e. The van der Waals surface area contributed by atoms with Gasteiger partial charge in [0, 0.05) is 6.54 Å². The summed E-state index contributed by atoms with van der Waals surface area (Å²) < 4.78 is 24.3. The van der Waals surface area contributed by atoms with E-state index in [1.807, 2.05) is 0 Å². The van der Waals surface area contributed by atoms with Gasteiger partial charge in [0.05, 0.1) is 7.11 Å². The molecule has 0 atom stereocenters. The summed E-state index contributed by atoms with van der Waals surface area (Å²) in [6.45, 7) is 1.80. The summed E-state index contributed by atoms with van der Waals surface area (Å²) in [4.78, 5) is 16.8. The molecule has 0 unspecified atom stereocenters. The van der Waals surface area contributed by atoms with Crippen molar-refractivity contribution in [2.24, 2.45) is 0 Å². The van der Waals surface area contributed by atoms with Gasteiger partial charge in [0.2, 0.25) is 6.79 Å². The highest BCUT2D eigenvalue weighted by Crippen LogP contribution is 2.32. The van der Waals surface area contributed by atoms with Crippen LogP contribution in [-0.4, -0.2) is 19.8 Å². The molecular formula is C15H16ClFN2O4. The van der Waals surface area contributed by atoms with Crippen LogP contribution in [-0.2, 0) is 16.2 Å². The van der Waals surface area contributed by atoms with E-state index in [-0.39, 0.29) is 24.1 Å². The van der Waals surface area contributed by atoms with Crippen LogP contribution in [0.1, 0.15) is 12.5 Å². The normalized spacial score (nSPS) is 14.3. The third-order valence-electron chi connectivity index (χ3n) is 3.02. The molecule has 23 heavy (non-hydrogen) atoms. The number of hydrogen-bond acceptors (Lipinski definition) is 5. The van der Waals surface area contributed by atoms with Gasteiger partial charge in [-0.15, -0.1) is 0 Å². The van der Waals surface area contributed by atoms with E-state index in [0.29, 0.717) is 11.5 Å². The third kappa shape index (κ3) is 4.14. The van der Waals surface area contributed by atoms with Crippen molar-refractivity contribution in [3.63, 3.8) is 0 Å². The maximum Gasteiger partial charge on any atom is 0.257 e. The van der Waals surface area contributed by atoms with E-state index >= 15 is 0 Å². The number of fused-ring (bicyclic) bond motifs is 1. The fraction of sp³-hybridized carbons (Fsp3) is 0.267. The van der Waals surface area contributed by atoms with E-state index in [9.17, 15) is 9.18 Å². The van der Waals surface area contributed by atoms with Crippen molar-refractivity contribution in [2.45, 2.75) is 13.5 Å². The van der Waals surface area contributed by atoms with Gasteiger partial charge in [0.15, 0.2) is 11.5 Å². The molecule has 1 aromatic rings. The number of nitrogens with one attached hydrogen (secondary N) is 2. The lowest BCUT2D eigenvalue weighted by Crippen LogP contribution is -2.27. The Kier molecular flexibility index (Phi) is 5.84. The maximum atomic E-state index is 13.9. The Bertz CT molecular complexity index is 661. The zero-order chi connectivity index (χ0) is 16.8. The first-order chi connectivity index (χ1) is 11.1. The van der Waals surface area contributed by atoms with Gasteiger partial charge in [0.25, 0.3) is 5.91 Å². The third-order valence-corrected chi connectivity index (χ3v) is 3.29. The summed E-state index contributed by atoms with van der Waals surface area (Å²) in [5.41, 5.74) is 2.68. The lowest BCUT2D eigenvalue weighted by molar-refractivity contribution is -0.117. The Morgan fingerprint density at radius 2 is 2.17 bits per heavy atom. The van der Waals surface area contributed by atoms with E-state index in [1.54, 1.807) is 18.2 Å². The summed E-state index contributed by atoms with van der Waals surface area (Å²) in [6.07, 6.45) is 1.13. The number of rotatable bonds is 6. The molecule has 2 rings (SSSR count). The van der Waals surface area contributed by atoms with Gasteiger partial charge in [-0.2, -0.15) is 0 Å². The zero-order valence-corrected chi connectivity index (χ0v) is 13.4. The molecule has 1 heterocycles. The average molecular weight is 343 g/mol. The molecule has 0 saturated heterocycles. The monoisotopic (exact) mass is 342 g/mol. The van der Waals surface area contributed by atoms with Gasteiger partial charge in [-0.1, -0.05) is 23.7 Å². The van der Waals surface area contributed by atoms with Crippen molar-refractivity contribution < 1.29 is 23.5 Å². The number of carbonyl (C=O) groups excluding carboxylic acids is 1. The minimum Gasteiger partial charge on any atom is -0.454 e. The minimum atomic E-state index is -0.761. The lowest BCUT2D eigenvalue weighted by Gasteiger charge is -2.11. The van der Waals surface area contributed by atoms with E-state index in [4.69, 9.17) is 21.1 Å². The number of halogens is 2. The molecule has 124 valence electrons. The van der Waals surface area contributed by atoms with E-state index in [1.165, 1.54) is 14.0 Å². The van der Waals surface area contributed by atoms with Crippen molar-refractivity contribution in [3.05, 3.63) is 46.4 Å². The second kappa shape index (κ2) is 7.85. The Balaban J connectivity index is 2.09. The van der Waals surface area contributed by atoms with Gasteiger partial charge in [-0.25, -0.2) is 4.39 Å². The molecule has 6 nitrogen and oxygen atoms in total. The standard InChI is InChI=1S/C15H16ClFN2O4/c1-3-10(17)13(14(16)19-21-2)15(20)18-7-9-4-5-11-12(6-9)23-8-22-11/h3-6,19H,7-8H2,1-2H3,(H,18,20)/b10-3+,14-13+. The van der Waals surface area contributed by atoms with Gasteiger partial charge in [-0.3, -0.25) is 15.1 Å². The molecule has 1 aliphatic heterocycles. The fourth-order valence-electron chi connectivity index (χ4n) is 1.92. The van der Waals surface area contributed by atoms with E-state index in [2.05, 4.69) is 15.6 Å². The molecule has 0 spiro atoms. The molecule has 2 N–H and O–H groups in total. The molecule has 1 amide bonds. The van der Waals surface area contributed by atoms with Crippen molar-refractivity contribution in [1.82, 2.24) is 10.8 Å². The van der Waals surface area contributed by atoms with Crippen LogP contribution < -0.4 is 20.3 Å². The summed E-state index contributed by atoms with van der Waals surface area (Å²) in [7, 11) is 1.30. The van der Waals surface area contributed by atoms with Gasteiger partial charge in [0.1, 0.15) is 16.6 Å². The van der Waals surface area contributed by atoms with Crippen LogP contribution in [0.25, 0.3) is 0 Å². The first-order valence-corrected chi connectivity index (χ1v) is 7.12. The van der Waals surface area contributed by atoms with Crippen LogP contribution in [0.4, 0.5) is 4.39 Å². The second-order valence-electron chi connectivity index (χ2n) is 4.50. The number of carbonyl (C=O) groups is 1. The second-order valence-corrected chi connectivity index (χ2v) is 4.88. The molecular weight excluding hydrogens is 327 g/mol. The first kappa shape index (κ1) is 17.1. The predicted molar refractivity (Wildman–Crippen MR) is 82.3 cm³/mol. The van der Waals surface area contributed by atoms with E-state index < -0.39 is 11.7 Å². The highest BCUT2D eigenvalue weighted by atomic mass is 35.5. The largest absolute Gasteiger partial charge is 0.454 e. The van der Waals surface area contributed by atoms with Crippen LogP contribution in [0, 0.1) is 0 Å². The molecule has 0 saturated carbocycles. The quantitative estimate of drug-likeness (QED) is 0.360. The van der Waals surface area contributed by atoms with Crippen LogP contribution in [0.15, 0.2) is 40.8 Å². The van der Waals surface area contributed by atoms with Crippen LogP contribution >= 0.6 is 11.6 Å². The summed E-state index contributed by atoms with van der Waals surface area (Å²) in [6, 6.07) is 5.26. The molecule has 8 heteroatoms. The molecule has 1 aliphatic rings. The molecule has 0 fully saturated rings. The SMILES string of the molecule is C/C=C(F)\C(C(=O)NCc1ccc2c(c1)OCO2)=C(\Cl)NOC. The fourth-order valence-corrected chi connectivity index (χ4v) is 2.17. The number of ether oxygens (including phenoxy) is 2. The van der Waals surface area contributed by atoms with Crippen molar-refractivity contribution in [1.29, 1.82) is 0 Å². The number of hydrogen-bond donors (Lipinski definition) is 2. The number of hydroxylamine groups is 1. The highest BCUT2D eigenvalue weighted by Gasteiger charge is 2.20. The number of allylic oxidation sites excluding steroid dienone is 1. The Hall–Kier alpha value is -2.25. The van der Waals surface area contributed by atoms with E-state index in [0.717, 1.165) is 11.6 Å². The molecule has 0 aliphatic carbocycles. The molecule has 0 bridgehead atoms. The molecule has 1 aromatic carbocycles. The van der Waals surface area contributed by atoms with Crippen LogP contribution in [0.5, 0.6) is 11.5 Å². The summed E-state index contributed by atoms with van der Waals surface area (Å²) in [5, 5.41) is 2.35. The number of benzene rings is 1. The van der Waals surface area contributed by atoms with Crippen LogP contribution in [0.2, 0.25) is 0 Å². The van der Waals surface area contributed by atoms with Crippen molar-refractivity contribution >= 4 is 17.5 Å². The first-order valence-electron chi connectivity index (χ1n) is 6.74. The van der Waals surface area contributed by atoms with Crippen molar-refractivity contribution in [3.8, 4) is 11.5 Å². The molecule has 0 aromatic heterocycles. The topological polar surface area (TPSA) is 68.8 Å². The van der Waals surface area contributed by atoms with Gasteiger partial charge in [-0.05, 0) is 24.6 Å². The zero-order valence-electron chi connectivity index (χ0n) is 12.6. The van der Waals surface area contributed by atoms with Crippen molar-refractivity contribution in [2.75, 3.05) is 13.9 Å². The summed E-state index contributed by atoms with van der Waals surface area (Å²) >= 11 is 5.84. The minimum absolute atomic E-state index is 0.169. The Labute approximate surface area is 137 Å². The van der Waals surface area contributed by atoms with Gasteiger partial charge < -0.3 is 14.8 Å². The highest BCUT2D eigenvalue weighted by molar-refractivity contribution is 6.31. The lowest BCUT2D eigenvalue weighted by atomic mass is 10.2. The Morgan fingerprint density at radius 1 is 1.43 bits per heavy atom.